The van der Waals surface area contributed by atoms with E-state index in [9.17, 15) is 5.11 Å². The van der Waals surface area contributed by atoms with E-state index >= 15 is 0 Å². The fraction of sp³-hybridized carbons (Fsp3) is 0. The van der Waals surface area contributed by atoms with Crippen LogP contribution < -0.4 is 0 Å². The molecule has 1 N–H and O–H groups in total. The van der Waals surface area contributed by atoms with Gasteiger partial charge in [-0.2, -0.15) is 0 Å². The number of aromatic nitrogens is 1. The van der Waals surface area contributed by atoms with E-state index in [0.717, 1.165) is 22.1 Å². The number of rotatable bonds is 1. The van der Waals surface area contributed by atoms with Crippen LogP contribution in [-0.2, 0) is 0 Å². The van der Waals surface area contributed by atoms with Crippen molar-refractivity contribution in [2.45, 2.75) is 0 Å². The van der Waals surface area contributed by atoms with E-state index in [1.807, 2.05) is 36.4 Å². The molecule has 0 saturated heterocycles. The zero-order valence-corrected chi connectivity index (χ0v) is 10.7. The molecular formula is C18H12NO. The fourth-order valence-corrected chi connectivity index (χ4v) is 2.73. The molecule has 0 bridgehead atoms. The number of benzene rings is 3. The van der Waals surface area contributed by atoms with Crippen LogP contribution in [-0.4, -0.2) is 9.67 Å². The Morgan fingerprint density at radius 1 is 0.750 bits per heavy atom. The van der Waals surface area contributed by atoms with Crippen molar-refractivity contribution in [2.75, 3.05) is 0 Å². The average molecular weight is 258 g/mol. The van der Waals surface area contributed by atoms with Gasteiger partial charge in [-0.15, -0.1) is 0 Å². The highest BCUT2D eigenvalue weighted by molar-refractivity contribution is 6.09. The number of phenols is 1. The highest BCUT2D eigenvalue weighted by Gasteiger charge is 2.12. The summed E-state index contributed by atoms with van der Waals surface area (Å²) in [5.74, 6) is 0.164. The molecule has 0 unspecified atom stereocenters. The lowest BCUT2D eigenvalue weighted by Crippen LogP contribution is -1.92. The molecule has 0 spiro atoms. The van der Waals surface area contributed by atoms with Gasteiger partial charge >= 0.3 is 0 Å². The molecule has 0 amide bonds. The number of aromatic hydroxyl groups is 1. The zero-order chi connectivity index (χ0) is 13.5. The molecule has 20 heavy (non-hydrogen) atoms. The van der Waals surface area contributed by atoms with E-state index < -0.39 is 0 Å². The van der Waals surface area contributed by atoms with E-state index in [0.29, 0.717) is 0 Å². The minimum atomic E-state index is 0.164. The summed E-state index contributed by atoms with van der Waals surface area (Å²) in [6.07, 6.45) is 0. The number of hydrogen-bond acceptors (Lipinski definition) is 1. The minimum Gasteiger partial charge on any atom is -0.507 e. The number of phenolic OH excluding ortho intramolecular Hbond substituents is 1. The molecule has 2 nitrogen and oxygen atoms in total. The van der Waals surface area contributed by atoms with Crippen molar-refractivity contribution >= 4 is 21.8 Å². The summed E-state index contributed by atoms with van der Waals surface area (Å²) in [5, 5.41) is 12.0. The third kappa shape index (κ3) is 1.51. The van der Waals surface area contributed by atoms with E-state index in [4.69, 9.17) is 0 Å². The summed E-state index contributed by atoms with van der Waals surface area (Å²) < 4.78 is 2.13. The van der Waals surface area contributed by atoms with Crippen LogP contribution in [0.4, 0.5) is 0 Å². The standard InChI is InChI=1S/C18H12NO/c20-14-10-11-16-15-8-4-5-9-17(15)19(18(16)12-14)13-6-2-1-3-7-13/h1-11,20H. The molecule has 1 heterocycles. The van der Waals surface area contributed by atoms with E-state index in [2.05, 4.69) is 34.9 Å². The van der Waals surface area contributed by atoms with E-state index in [-0.39, 0.29) is 5.75 Å². The first-order valence-corrected chi connectivity index (χ1v) is 6.54. The van der Waals surface area contributed by atoms with Crippen LogP contribution in [0, 0.1) is 6.07 Å². The van der Waals surface area contributed by atoms with Gasteiger partial charge in [0.15, 0.2) is 0 Å². The smallest absolute Gasteiger partial charge is 0.125 e. The van der Waals surface area contributed by atoms with Crippen molar-refractivity contribution in [3.8, 4) is 11.4 Å². The molecular weight excluding hydrogens is 246 g/mol. The fourth-order valence-electron chi connectivity index (χ4n) is 2.73. The molecule has 4 rings (SSSR count). The van der Waals surface area contributed by atoms with Crippen molar-refractivity contribution in [1.82, 2.24) is 4.57 Å². The van der Waals surface area contributed by atoms with Crippen molar-refractivity contribution in [2.24, 2.45) is 0 Å². The Morgan fingerprint density at radius 2 is 1.50 bits per heavy atom. The lowest BCUT2D eigenvalue weighted by Gasteiger charge is -2.06. The Morgan fingerprint density at radius 3 is 2.35 bits per heavy atom. The largest absolute Gasteiger partial charge is 0.507 e. The zero-order valence-electron chi connectivity index (χ0n) is 10.7. The van der Waals surface area contributed by atoms with Gasteiger partial charge in [0.1, 0.15) is 5.75 Å². The molecule has 0 fully saturated rings. The van der Waals surface area contributed by atoms with Gasteiger partial charge in [0.2, 0.25) is 0 Å². The Hall–Kier alpha value is -2.74. The van der Waals surface area contributed by atoms with Gasteiger partial charge in [-0.05, 0) is 30.3 Å². The second kappa shape index (κ2) is 4.14. The summed E-state index contributed by atoms with van der Waals surface area (Å²) in [5.41, 5.74) is 3.09. The highest BCUT2D eigenvalue weighted by Crippen LogP contribution is 2.33. The molecule has 2 heteroatoms. The van der Waals surface area contributed by atoms with Gasteiger partial charge < -0.3 is 9.67 Å². The average Bonchev–Trinajstić information content (AvgIpc) is 2.81. The molecule has 1 aromatic heterocycles. The summed E-state index contributed by atoms with van der Waals surface area (Å²) in [7, 11) is 0. The van der Waals surface area contributed by atoms with Crippen LogP contribution in [0.2, 0.25) is 0 Å². The minimum absolute atomic E-state index is 0.164. The first-order chi connectivity index (χ1) is 9.84. The van der Waals surface area contributed by atoms with Crippen LogP contribution >= 0.6 is 0 Å². The van der Waals surface area contributed by atoms with Gasteiger partial charge in [0, 0.05) is 16.5 Å². The van der Waals surface area contributed by atoms with Crippen molar-refractivity contribution in [1.29, 1.82) is 0 Å². The SMILES string of the molecule is Oc1[c]c2c(cc1)c1ccccc1n2-c1ccccc1. The molecule has 0 aliphatic heterocycles. The molecule has 3 aromatic carbocycles. The number of fused-ring (bicyclic) bond motifs is 3. The maximum absolute atomic E-state index is 9.76. The number of nitrogens with zero attached hydrogens (tertiary/aromatic N) is 1. The normalized spacial score (nSPS) is 11.2. The Balaban J connectivity index is 2.23. The van der Waals surface area contributed by atoms with Gasteiger partial charge in [0.05, 0.1) is 17.1 Å². The monoisotopic (exact) mass is 258 g/mol. The number of para-hydroxylation sites is 2. The summed E-state index contributed by atoms with van der Waals surface area (Å²) >= 11 is 0. The van der Waals surface area contributed by atoms with Crippen molar-refractivity contribution in [3.05, 3.63) is 72.8 Å². The molecule has 1 radical (unpaired) electrons. The Labute approximate surface area is 116 Å². The Bertz CT molecular complexity index is 907. The molecule has 0 aliphatic rings. The third-order valence-corrected chi connectivity index (χ3v) is 3.58. The van der Waals surface area contributed by atoms with Crippen molar-refractivity contribution in [3.63, 3.8) is 0 Å². The second-order valence-corrected chi connectivity index (χ2v) is 4.79. The van der Waals surface area contributed by atoms with Crippen LogP contribution in [0.25, 0.3) is 27.5 Å². The molecule has 0 saturated carbocycles. The quantitative estimate of drug-likeness (QED) is 0.541. The van der Waals surface area contributed by atoms with E-state index in [1.165, 1.54) is 5.39 Å². The molecule has 0 aliphatic carbocycles. The maximum atomic E-state index is 9.76. The van der Waals surface area contributed by atoms with E-state index in [1.54, 1.807) is 6.07 Å². The molecule has 0 atom stereocenters. The highest BCUT2D eigenvalue weighted by atomic mass is 16.3. The summed E-state index contributed by atoms with van der Waals surface area (Å²) in [6, 6.07) is 25.1. The maximum Gasteiger partial charge on any atom is 0.125 e. The first kappa shape index (κ1) is 11.1. The van der Waals surface area contributed by atoms with Crippen LogP contribution in [0.1, 0.15) is 0 Å². The van der Waals surface area contributed by atoms with Crippen LogP contribution in [0.15, 0.2) is 66.7 Å². The number of hydrogen-bond donors (Lipinski definition) is 1. The summed E-state index contributed by atoms with van der Waals surface area (Å²) in [4.78, 5) is 0. The molecule has 95 valence electrons. The Kier molecular flexibility index (Phi) is 2.30. The van der Waals surface area contributed by atoms with Crippen molar-refractivity contribution < 1.29 is 5.11 Å². The topological polar surface area (TPSA) is 25.2 Å². The summed E-state index contributed by atoms with van der Waals surface area (Å²) in [6.45, 7) is 0. The predicted molar refractivity (Wildman–Crippen MR) is 81.3 cm³/mol. The van der Waals surface area contributed by atoms with Gasteiger partial charge in [-0.3, -0.25) is 0 Å². The lowest BCUT2D eigenvalue weighted by atomic mass is 10.1. The van der Waals surface area contributed by atoms with Gasteiger partial charge in [-0.25, -0.2) is 0 Å². The first-order valence-electron chi connectivity index (χ1n) is 6.54. The predicted octanol–water partition coefficient (Wildman–Crippen LogP) is 4.29. The second-order valence-electron chi connectivity index (χ2n) is 4.79. The van der Waals surface area contributed by atoms with Gasteiger partial charge in [0.25, 0.3) is 0 Å². The van der Waals surface area contributed by atoms with Crippen LogP contribution in [0.5, 0.6) is 5.75 Å². The lowest BCUT2D eigenvalue weighted by molar-refractivity contribution is 0.475. The van der Waals surface area contributed by atoms with Gasteiger partial charge in [-0.1, -0.05) is 36.4 Å². The molecule has 4 aromatic rings. The third-order valence-electron chi connectivity index (χ3n) is 3.58. The van der Waals surface area contributed by atoms with Crippen LogP contribution in [0.3, 0.4) is 0 Å².